The van der Waals surface area contributed by atoms with Gasteiger partial charge in [0.15, 0.2) is 0 Å². The molecule has 5 heteroatoms. The van der Waals surface area contributed by atoms with Crippen molar-refractivity contribution < 1.29 is 8.78 Å². The molecule has 2 nitrogen and oxygen atoms in total. The zero-order valence-corrected chi connectivity index (χ0v) is 11.3. The number of piperazine rings is 1. The molecule has 0 radical (unpaired) electrons. The number of nitrogens with one attached hydrogen (secondary N) is 1. The van der Waals surface area contributed by atoms with Crippen molar-refractivity contribution in [2.24, 2.45) is 0 Å². The van der Waals surface area contributed by atoms with E-state index in [0.29, 0.717) is 5.56 Å². The molecule has 1 saturated heterocycles. The minimum absolute atomic E-state index is 0. The lowest BCUT2D eigenvalue weighted by Gasteiger charge is -2.33. The van der Waals surface area contributed by atoms with Gasteiger partial charge in [-0.25, -0.2) is 8.78 Å². The van der Waals surface area contributed by atoms with Gasteiger partial charge < -0.3 is 5.32 Å². The average molecular weight is 277 g/mol. The molecule has 18 heavy (non-hydrogen) atoms. The molecule has 1 fully saturated rings. The molecule has 0 saturated carbocycles. The van der Waals surface area contributed by atoms with Crippen molar-refractivity contribution in [3.63, 3.8) is 0 Å². The third-order valence-electron chi connectivity index (χ3n) is 3.25. The van der Waals surface area contributed by atoms with Crippen molar-refractivity contribution in [3.8, 4) is 0 Å². The Bertz CT molecular complexity index is 381. The van der Waals surface area contributed by atoms with E-state index in [9.17, 15) is 8.78 Å². The summed E-state index contributed by atoms with van der Waals surface area (Å²) in [6.07, 6.45) is 0. The fraction of sp³-hybridized carbons (Fsp3) is 0.538. The van der Waals surface area contributed by atoms with Crippen LogP contribution in [0.3, 0.4) is 0 Å². The Kier molecular flexibility index (Phi) is 5.99. The Hall–Kier alpha value is -0.710. The monoisotopic (exact) mass is 276 g/mol. The van der Waals surface area contributed by atoms with E-state index >= 15 is 0 Å². The van der Waals surface area contributed by atoms with E-state index in [1.165, 1.54) is 6.07 Å². The Labute approximate surface area is 113 Å². The summed E-state index contributed by atoms with van der Waals surface area (Å²) in [4.78, 5) is 2.01. The van der Waals surface area contributed by atoms with Gasteiger partial charge in [0.1, 0.15) is 12.5 Å². The molecule has 1 atom stereocenters. The van der Waals surface area contributed by atoms with Gasteiger partial charge in [-0.2, -0.15) is 0 Å². The van der Waals surface area contributed by atoms with E-state index in [2.05, 4.69) is 5.32 Å². The standard InChI is InChI=1S/C13H18F2N2.ClH/c1-10-2-3-12(15)11(8-10)13(9-14)17-6-4-16-5-7-17;/h2-3,8,13,16H,4-7,9H2,1H3;1H/t13-;/m1./s1. The number of hydrogen-bond acceptors (Lipinski definition) is 2. The van der Waals surface area contributed by atoms with Crippen molar-refractivity contribution in [2.45, 2.75) is 13.0 Å². The molecular formula is C13H19ClF2N2. The highest BCUT2D eigenvalue weighted by molar-refractivity contribution is 5.85. The SMILES string of the molecule is Cc1ccc(F)c([C@@H](CF)N2CCNCC2)c1.Cl. The molecule has 102 valence electrons. The second kappa shape index (κ2) is 7.02. The van der Waals surface area contributed by atoms with E-state index in [4.69, 9.17) is 0 Å². The van der Waals surface area contributed by atoms with Crippen LogP contribution in [0.15, 0.2) is 18.2 Å². The van der Waals surface area contributed by atoms with Gasteiger partial charge in [-0.1, -0.05) is 17.7 Å². The third kappa shape index (κ3) is 3.40. The van der Waals surface area contributed by atoms with Crippen LogP contribution in [0.5, 0.6) is 0 Å². The number of aryl methyl sites for hydroxylation is 1. The van der Waals surface area contributed by atoms with Crippen LogP contribution in [0.4, 0.5) is 8.78 Å². The van der Waals surface area contributed by atoms with Gasteiger partial charge in [-0.3, -0.25) is 4.90 Å². The zero-order valence-electron chi connectivity index (χ0n) is 10.5. The smallest absolute Gasteiger partial charge is 0.128 e. The van der Waals surface area contributed by atoms with Crippen molar-refractivity contribution in [2.75, 3.05) is 32.9 Å². The first kappa shape index (κ1) is 15.3. The minimum Gasteiger partial charge on any atom is -0.314 e. The summed E-state index contributed by atoms with van der Waals surface area (Å²) in [5.41, 5.74) is 1.45. The molecule has 1 heterocycles. The first-order chi connectivity index (χ1) is 8.22. The summed E-state index contributed by atoms with van der Waals surface area (Å²) in [5.74, 6) is -0.309. The minimum atomic E-state index is -0.541. The van der Waals surface area contributed by atoms with E-state index in [0.717, 1.165) is 31.7 Å². The van der Waals surface area contributed by atoms with Crippen LogP contribution in [0.25, 0.3) is 0 Å². The summed E-state index contributed by atoms with van der Waals surface area (Å²) in [6.45, 7) is 4.56. The molecule has 1 aromatic carbocycles. The number of nitrogens with zero attached hydrogens (tertiary/aromatic N) is 1. The van der Waals surface area contributed by atoms with Crippen molar-refractivity contribution >= 4 is 12.4 Å². The summed E-state index contributed by atoms with van der Waals surface area (Å²) in [5, 5.41) is 3.21. The molecule has 0 unspecified atom stereocenters. The van der Waals surface area contributed by atoms with Gasteiger partial charge in [0.25, 0.3) is 0 Å². The zero-order chi connectivity index (χ0) is 12.3. The molecule has 0 bridgehead atoms. The number of alkyl halides is 1. The topological polar surface area (TPSA) is 15.3 Å². The maximum absolute atomic E-state index is 13.8. The molecular weight excluding hydrogens is 258 g/mol. The highest BCUT2D eigenvalue weighted by Crippen LogP contribution is 2.25. The average Bonchev–Trinajstić information content (AvgIpc) is 2.36. The Morgan fingerprint density at radius 1 is 1.33 bits per heavy atom. The van der Waals surface area contributed by atoms with Gasteiger partial charge in [0.2, 0.25) is 0 Å². The second-order valence-electron chi connectivity index (χ2n) is 4.48. The molecule has 1 N–H and O–H groups in total. The predicted molar refractivity (Wildman–Crippen MR) is 71.5 cm³/mol. The number of halogens is 3. The summed E-state index contributed by atoms with van der Waals surface area (Å²) in [6, 6.07) is 4.44. The second-order valence-corrected chi connectivity index (χ2v) is 4.48. The van der Waals surface area contributed by atoms with Crippen LogP contribution in [-0.2, 0) is 0 Å². The van der Waals surface area contributed by atoms with Crippen molar-refractivity contribution in [1.82, 2.24) is 10.2 Å². The highest BCUT2D eigenvalue weighted by atomic mass is 35.5. The summed E-state index contributed by atoms with van der Waals surface area (Å²) in [7, 11) is 0. The lowest BCUT2D eigenvalue weighted by Crippen LogP contribution is -2.45. The molecule has 0 amide bonds. The molecule has 1 aromatic rings. The van der Waals surface area contributed by atoms with Crippen molar-refractivity contribution in [1.29, 1.82) is 0 Å². The van der Waals surface area contributed by atoms with Crippen LogP contribution in [-0.4, -0.2) is 37.8 Å². The van der Waals surface area contributed by atoms with Gasteiger partial charge in [-0.15, -0.1) is 12.4 Å². The van der Waals surface area contributed by atoms with Crippen LogP contribution in [0.2, 0.25) is 0 Å². The fourth-order valence-corrected chi connectivity index (χ4v) is 2.29. The number of benzene rings is 1. The molecule has 2 rings (SSSR count). The fourth-order valence-electron chi connectivity index (χ4n) is 2.29. The van der Waals surface area contributed by atoms with Gasteiger partial charge in [-0.05, 0) is 13.0 Å². The first-order valence-corrected chi connectivity index (χ1v) is 5.99. The van der Waals surface area contributed by atoms with Crippen LogP contribution in [0.1, 0.15) is 17.2 Å². The van der Waals surface area contributed by atoms with Crippen LogP contribution in [0, 0.1) is 12.7 Å². The number of hydrogen-bond donors (Lipinski definition) is 1. The highest BCUT2D eigenvalue weighted by Gasteiger charge is 2.24. The van der Waals surface area contributed by atoms with Crippen molar-refractivity contribution in [3.05, 3.63) is 35.1 Å². The summed E-state index contributed by atoms with van der Waals surface area (Å²) < 4.78 is 27.0. The van der Waals surface area contributed by atoms with E-state index in [1.807, 2.05) is 11.8 Å². The lowest BCUT2D eigenvalue weighted by molar-refractivity contribution is 0.144. The van der Waals surface area contributed by atoms with Gasteiger partial charge >= 0.3 is 0 Å². The van der Waals surface area contributed by atoms with E-state index in [1.54, 1.807) is 12.1 Å². The maximum atomic E-state index is 13.8. The maximum Gasteiger partial charge on any atom is 0.128 e. The largest absolute Gasteiger partial charge is 0.314 e. The first-order valence-electron chi connectivity index (χ1n) is 5.99. The Morgan fingerprint density at radius 3 is 2.61 bits per heavy atom. The van der Waals surface area contributed by atoms with Gasteiger partial charge in [0.05, 0.1) is 6.04 Å². The molecule has 1 aliphatic rings. The quantitative estimate of drug-likeness (QED) is 0.912. The number of rotatable bonds is 3. The van der Waals surface area contributed by atoms with Crippen LogP contribution >= 0.6 is 12.4 Å². The Balaban J connectivity index is 0.00000162. The van der Waals surface area contributed by atoms with E-state index < -0.39 is 12.7 Å². The van der Waals surface area contributed by atoms with Gasteiger partial charge in [0, 0.05) is 31.7 Å². The molecule has 0 aliphatic carbocycles. The normalized spacial score (nSPS) is 18.2. The molecule has 1 aliphatic heterocycles. The third-order valence-corrected chi connectivity index (χ3v) is 3.25. The van der Waals surface area contributed by atoms with Crippen LogP contribution < -0.4 is 5.32 Å². The molecule has 0 aromatic heterocycles. The summed E-state index contributed by atoms with van der Waals surface area (Å²) >= 11 is 0. The molecule has 0 spiro atoms. The Morgan fingerprint density at radius 2 is 2.00 bits per heavy atom. The van der Waals surface area contributed by atoms with E-state index in [-0.39, 0.29) is 18.2 Å². The lowest BCUT2D eigenvalue weighted by atomic mass is 10.0. The predicted octanol–water partition coefficient (Wildman–Crippen LogP) is 2.47.